The van der Waals surface area contributed by atoms with E-state index < -0.39 is 288 Å². The van der Waals surface area contributed by atoms with Crippen LogP contribution in [0.3, 0.4) is 0 Å². The third kappa shape index (κ3) is 21.3. The van der Waals surface area contributed by atoms with E-state index in [1.165, 1.54) is 42.4 Å². The number of nitrogens with one attached hydrogen (secondary N) is 8. The lowest BCUT2D eigenvalue weighted by Crippen LogP contribution is -2.70. The van der Waals surface area contributed by atoms with Crippen LogP contribution in [0.15, 0.2) is 0 Å². The fourth-order valence-corrected chi connectivity index (χ4v) is 13.7. The van der Waals surface area contributed by atoms with E-state index in [-0.39, 0.29) is 45.3 Å². The minimum atomic E-state index is -2.21. The van der Waals surface area contributed by atoms with Crippen LogP contribution in [0, 0.1) is 0 Å². The number of ether oxygens (including phenoxy) is 8. The zero-order valence-corrected chi connectivity index (χ0v) is 59.8. The summed E-state index contributed by atoms with van der Waals surface area (Å²) in [6.45, 7) is 2.43. The van der Waals surface area contributed by atoms with Crippen LogP contribution < -0.4 is 48.3 Å². The number of nitrogens with two attached hydrogens (primary N) is 1. The third-order valence-corrected chi connectivity index (χ3v) is 19.4. The molecule has 0 aliphatic carbocycles. The van der Waals surface area contributed by atoms with Gasteiger partial charge in [-0.3, -0.25) is 57.5 Å². The maximum atomic E-state index is 15.1. The number of primary amides is 1. The number of aliphatic hydroxyl groups excluding tert-OH is 12. The van der Waals surface area contributed by atoms with Crippen molar-refractivity contribution in [1.29, 1.82) is 0 Å². The molecule has 7 aliphatic heterocycles. The van der Waals surface area contributed by atoms with Crippen LogP contribution in [0.25, 0.3) is 0 Å². The van der Waals surface area contributed by atoms with Crippen LogP contribution in [0.1, 0.15) is 87.0 Å². The van der Waals surface area contributed by atoms with Gasteiger partial charge < -0.3 is 162 Å². The fourth-order valence-electron chi connectivity index (χ4n) is 13.7. The Kier molecular flexibility index (Phi) is 31.7. The molecule has 0 aromatic heterocycles. The van der Waals surface area contributed by atoms with E-state index in [9.17, 15) is 114 Å². The number of aliphatic hydroxyl groups is 12. The van der Waals surface area contributed by atoms with Crippen molar-refractivity contribution < 1.29 is 157 Å². The molecule has 0 spiro atoms. The lowest BCUT2D eigenvalue weighted by atomic mass is 9.94. The average molecular weight is 1540 g/mol. The van der Waals surface area contributed by atoms with E-state index in [1.54, 1.807) is 0 Å². The summed E-state index contributed by atoms with van der Waals surface area (Å²) >= 11 is 0. The van der Waals surface area contributed by atoms with E-state index in [0.29, 0.717) is 12.8 Å². The Morgan fingerprint density at radius 3 is 1.49 bits per heavy atom. The summed E-state index contributed by atoms with van der Waals surface area (Å²) in [6.07, 6.45) is -35.6. The highest BCUT2D eigenvalue weighted by atomic mass is 16.8. The summed E-state index contributed by atoms with van der Waals surface area (Å²) in [5.74, 6) is -10.5. The first-order chi connectivity index (χ1) is 50.5. The van der Waals surface area contributed by atoms with Crippen LogP contribution in [0.4, 0.5) is 0 Å². The normalized spacial score (nSPS) is 34.7. The van der Waals surface area contributed by atoms with Gasteiger partial charge >= 0.3 is 0 Å². The molecular weight excluding hydrogens is 1440 g/mol. The number of rotatable bonds is 31. The summed E-state index contributed by atoms with van der Waals surface area (Å²) in [5, 5.41) is 149. The fraction of sp³-hybridized carbons (Fsp3) is 0.810. The number of nitrogens with zero attached hydrogens (tertiary/aromatic N) is 3. The molecule has 44 nitrogen and oxygen atoms in total. The van der Waals surface area contributed by atoms with Gasteiger partial charge in [0.2, 0.25) is 70.9 Å². The molecule has 17 unspecified atom stereocenters. The van der Waals surface area contributed by atoms with E-state index >= 15 is 4.79 Å². The van der Waals surface area contributed by atoms with Gasteiger partial charge in [-0.1, -0.05) is 0 Å². The minimum Gasteiger partial charge on any atom is -0.394 e. The molecule has 606 valence electrons. The molecule has 7 heterocycles. The second-order valence-corrected chi connectivity index (χ2v) is 27.3. The van der Waals surface area contributed by atoms with Crippen LogP contribution in [-0.2, 0) is 95.4 Å². The quantitative estimate of drug-likeness (QED) is 0.0306. The van der Waals surface area contributed by atoms with Crippen LogP contribution in [0.2, 0.25) is 0 Å². The van der Waals surface area contributed by atoms with Crippen molar-refractivity contribution in [3.63, 3.8) is 0 Å². The van der Waals surface area contributed by atoms with Crippen LogP contribution >= 0.6 is 0 Å². The number of carbonyl (C=O) groups is 12. The Morgan fingerprint density at radius 1 is 0.477 bits per heavy atom. The Bertz CT molecular complexity index is 3130. The number of likely N-dealkylation sites (tertiary alicyclic amines) is 3. The molecule has 107 heavy (non-hydrogen) atoms. The molecule has 0 aromatic rings. The van der Waals surface area contributed by atoms with Crippen molar-refractivity contribution in [3.8, 4) is 0 Å². The number of hydrogen-bond acceptors (Lipinski definition) is 32. The average Bonchev–Trinajstić information content (AvgIpc) is 1.58. The second-order valence-electron chi connectivity index (χ2n) is 27.3. The molecule has 7 aliphatic rings. The zero-order chi connectivity index (χ0) is 79.3. The molecular formula is C63H102N12O32. The summed E-state index contributed by atoms with van der Waals surface area (Å²) in [6, 6.07) is -14.9. The minimum absolute atomic E-state index is 0.0395. The number of amides is 12. The topological polar surface area (TPSA) is 653 Å². The van der Waals surface area contributed by atoms with Gasteiger partial charge in [0.15, 0.2) is 25.2 Å². The molecule has 22 N–H and O–H groups in total. The van der Waals surface area contributed by atoms with E-state index in [2.05, 4.69) is 42.5 Å². The standard InChI is InChI=1S/C63H102N12O32/c1-23(52(64)92)67-55(95)32-12-9-15-74(32)59(99)33-13-10-16-75(33)58(98)25(3)68-56(96)39(72-53(93)30(18-76)71-38(83)17-65-54(94)31-11-8-14-73(31)57(97)24(2)66-27(5)80)26(4)101-61-41(70-29(7)82)51(107-63-49(91)47(89)43(85)35(20-78)103-63)44(86)37(105-61)22-100-60-40(69-28(6)81)45(87)50(36(21-79)104-60)106-62-48(90)46(88)42(84)34(19-77)102-62/h23-26,30-37,39-51,60-63,76-79,84-91H,8-22H2,1-7H3,(H2,64,92)(H,65,94)(H,66,80)(H,67,95)(H,68,96)(H,69,81)(H,70,82)(H,71,83)(H,72,93)/t23?,24?,25?,26?,30?,31?,32?,33?,34?,35?,36?,37?,39?,40-,41+,42-,43-,44-,45?,46?,47?,48-,49-,50+,51?,60+,61-,62-,63-/m0/s1. The molecule has 0 bridgehead atoms. The smallest absolute Gasteiger partial charge is 0.246 e. The first-order valence-electron chi connectivity index (χ1n) is 35.1. The Hall–Kier alpha value is -7.16. The van der Waals surface area contributed by atoms with Gasteiger partial charge in [0.1, 0.15) is 146 Å². The van der Waals surface area contributed by atoms with Crippen molar-refractivity contribution in [1.82, 2.24) is 57.2 Å². The highest BCUT2D eigenvalue weighted by Crippen LogP contribution is 2.35. The number of carbonyl (C=O) groups excluding carboxylic acids is 12. The van der Waals surface area contributed by atoms with E-state index in [1.807, 2.05) is 0 Å². The maximum absolute atomic E-state index is 15.1. The van der Waals surface area contributed by atoms with E-state index in [4.69, 9.17) is 43.6 Å². The van der Waals surface area contributed by atoms with E-state index in [0.717, 1.165) is 20.8 Å². The largest absolute Gasteiger partial charge is 0.394 e. The Labute approximate surface area is 612 Å². The zero-order valence-electron chi connectivity index (χ0n) is 59.8. The molecule has 0 aromatic carbocycles. The van der Waals surface area contributed by atoms with Gasteiger partial charge in [0, 0.05) is 40.4 Å². The molecule has 7 saturated heterocycles. The van der Waals surface area contributed by atoms with Crippen LogP contribution in [0.5, 0.6) is 0 Å². The maximum Gasteiger partial charge on any atom is 0.246 e. The Morgan fingerprint density at radius 2 is 0.963 bits per heavy atom. The number of hydrogen-bond donors (Lipinski definition) is 21. The summed E-state index contributed by atoms with van der Waals surface area (Å²) < 4.78 is 47.7. The first kappa shape index (κ1) is 87.1. The molecule has 0 radical (unpaired) electrons. The predicted octanol–water partition coefficient (Wildman–Crippen LogP) is -14.0. The monoisotopic (exact) mass is 1540 g/mol. The second kappa shape index (κ2) is 39.0. The summed E-state index contributed by atoms with van der Waals surface area (Å²) in [7, 11) is 0. The SMILES string of the molecule is CC(=O)NC(C)C(=O)N1CCCC1C(=O)NCC(=O)NC(CO)C(=O)NC(C(=O)NC(C)C(=O)N1CCCC1C(=O)N1CCCC1C(=O)NC(C)C(N)=O)C(C)O[C@H]1OC(CO[C@@H]2OC(CO)[C@@H](O[C@@H]3OC(CO)[C@H](O)C(O)[C@@H]3O)C(O)[C@@H]2NC(C)=O)[C@H](O)C(O[C@@H]2OC(CO)[C@H](O)C(O)[C@@H]2O)[C@H]1NC(C)=O. The van der Waals surface area contributed by atoms with Crippen molar-refractivity contribution in [2.45, 2.75) is 264 Å². The molecule has 0 saturated carbocycles. The third-order valence-electron chi connectivity index (χ3n) is 19.4. The van der Waals surface area contributed by atoms with Crippen molar-refractivity contribution in [3.05, 3.63) is 0 Å². The van der Waals surface area contributed by atoms with Gasteiger partial charge in [-0.15, -0.1) is 0 Å². The lowest BCUT2D eigenvalue weighted by molar-refractivity contribution is -0.359. The van der Waals surface area contributed by atoms with Gasteiger partial charge in [-0.05, 0) is 66.2 Å². The highest BCUT2D eigenvalue weighted by molar-refractivity contribution is 5.98. The molecule has 44 heteroatoms. The van der Waals surface area contributed by atoms with Crippen molar-refractivity contribution in [2.24, 2.45) is 5.73 Å². The van der Waals surface area contributed by atoms with Crippen molar-refractivity contribution in [2.75, 3.05) is 59.2 Å². The predicted molar refractivity (Wildman–Crippen MR) is 351 cm³/mol. The van der Waals surface area contributed by atoms with Gasteiger partial charge in [-0.2, -0.15) is 0 Å². The van der Waals surface area contributed by atoms with Crippen LogP contribution in [-0.4, -0.2) is 383 Å². The molecule has 7 fully saturated rings. The van der Waals surface area contributed by atoms with Gasteiger partial charge in [0.05, 0.1) is 45.7 Å². The molecule has 7 rings (SSSR count). The van der Waals surface area contributed by atoms with Crippen molar-refractivity contribution >= 4 is 70.9 Å². The lowest BCUT2D eigenvalue weighted by Gasteiger charge is -2.49. The molecule has 29 atom stereocenters. The Balaban J connectivity index is 1.19. The highest BCUT2D eigenvalue weighted by Gasteiger charge is 2.56. The molecule has 12 amide bonds. The van der Waals surface area contributed by atoms with Gasteiger partial charge in [0.25, 0.3) is 0 Å². The summed E-state index contributed by atoms with van der Waals surface area (Å²) in [5.41, 5.74) is 5.36. The van der Waals surface area contributed by atoms with Gasteiger partial charge in [-0.25, -0.2) is 0 Å². The summed E-state index contributed by atoms with van der Waals surface area (Å²) in [4.78, 5) is 165. The first-order valence-corrected chi connectivity index (χ1v) is 35.1.